The van der Waals surface area contributed by atoms with Gasteiger partial charge in [-0.25, -0.2) is 26.3 Å². The van der Waals surface area contributed by atoms with E-state index < -0.39 is 58.1 Å². The number of alkyl halides is 2. The minimum atomic E-state index is -3.46. The fraction of sp³-hybridized carbons (Fsp3) is 0.320. The van der Waals surface area contributed by atoms with Gasteiger partial charge in [0.15, 0.2) is 9.84 Å². The Kier molecular flexibility index (Phi) is 6.43. The topological polar surface area (TPSA) is 119 Å². The zero-order valence-electron chi connectivity index (χ0n) is 19.3. The number of amides is 1. The van der Waals surface area contributed by atoms with Gasteiger partial charge >= 0.3 is 0 Å². The Hall–Kier alpha value is -3.65. The van der Waals surface area contributed by atoms with Crippen LogP contribution in [-0.2, 0) is 14.6 Å². The number of hydrogen-bond acceptors (Lipinski definition) is 5. The predicted octanol–water partition coefficient (Wildman–Crippen LogP) is 4.37. The van der Waals surface area contributed by atoms with Gasteiger partial charge in [-0.3, -0.25) is 4.79 Å². The van der Waals surface area contributed by atoms with Crippen LogP contribution in [0.2, 0.25) is 0 Å². The van der Waals surface area contributed by atoms with Crippen LogP contribution in [0.25, 0.3) is 16.8 Å². The number of carbonyl (C=O) groups excluding carboxylic acids is 1. The van der Waals surface area contributed by atoms with Crippen molar-refractivity contribution in [1.82, 2.24) is 9.78 Å². The molecule has 11 heteroatoms. The Morgan fingerprint density at radius 3 is 2.39 bits per heavy atom. The summed E-state index contributed by atoms with van der Waals surface area (Å²) >= 11 is 0. The van der Waals surface area contributed by atoms with E-state index in [9.17, 15) is 31.6 Å². The van der Waals surface area contributed by atoms with E-state index in [1.807, 2.05) is 6.07 Å². The summed E-state index contributed by atoms with van der Waals surface area (Å²) in [7, 11) is -3.46. The zero-order chi connectivity index (χ0) is 26.3. The highest BCUT2D eigenvalue weighted by Gasteiger charge is 2.56. The lowest BCUT2D eigenvalue weighted by molar-refractivity contribution is -0.144. The van der Waals surface area contributed by atoms with Crippen molar-refractivity contribution in [2.24, 2.45) is 11.1 Å². The first kappa shape index (κ1) is 25.4. The Morgan fingerprint density at radius 2 is 1.83 bits per heavy atom. The van der Waals surface area contributed by atoms with Gasteiger partial charge in [-0.15, -0.1) is 0 Å². The van der Waals surface area contributed by atoms with Gasteiger partial charge in [-0.1, -0.05) is 12.1 Å². The zero-order valence-corrected chi connectivity index (χ0v) is 20.1. The molecule has 0 aliphatic heterocycles. The Morgan fingerprint density at radius 1 is 1.19 bits per heavy atom. The predicted molar refractivity (Wildman–Crippen MR) is 125 cm³/mol. The number of rotatable bonds is 6. The first-order chi connectivity index (χ1) is 16.9. The molecule has 1 fully saturated rings. The number of nitriles is 1. The van der Waals surface area contributed by atoms with Crippen LogP contribution in [0, 0.1) is 22.6 Å². The number of primary amides is 1. The van der Waals surface area contributed by atoms with Gasteiger partial charge < -0.3 is 5.73 Å². The molecule has 2 atom stereocenters. The highest BCUT2D eigenvalue weighted by Crippen LogP contribution is 2.55. The maximum absolute atomic E-state index is 14.5. The molecule has 2 aromatic carbocycles. The third kappa shape index (κ3) is 4.73. The molecule has 0 radical (unpaired) electrons. The Labute approximate surface area is 206 Å². The molecule has 4 rings (SSSR count). The molecule has 1 amide bonds. The first-order valence-electron chi connectivity index (χ1n) is 11.1. The van der Waals surface area contributed by atoms with Crippen LogP contribution in [0.4, 0.5) is 13.2 Å². The van der Waals surface area contributed by atoms with Gasteiger partial charge in [0.25, 0.3) is 0 Å². The molecular formula is C25H23F3N4O3S. The van der Waals surface area contributed by atoms with Crippen molar-refractivity contribution in [1.29, 1.82) is 5.26 Å². The van der Waals surface area contributed by atoms with Crippen LogP contribution >= 0.6 is 0 Å². The summed E-state index contributed by atoms with van der Waals surface area (Å²) in [6.07, 6.45) is 0.608. The molecule has 1 heterocycles. The van der Waals surface area contributed by atoms with Gasteiger partial charge in [-0.05, 0) is 48.4 Å². The molecule has 1 aliphatic carbocycles. The Balaban J connectivity index is 1.93. The number of carbonyl (C=O) groups is 1. The van der Waals surface area contributed by atoms with E-state index >= 15 is 0 Å². The summed E-state index contributed by atoms with van der Waals surface area (Å²) in [4.78, 5) is 12.7. The van der Waals surface area contributed by atoms with Crippen molar-refractivity contribution in [2.45, 2.75) is 42.4 Å². The monoisotopic (exact) mass is 516 g/mol. The lowest BCUT2D eigenvalue weighted by atomic mass is 9.61. The van der Waals surface area contributed by atoms with Crippen molar-refractivity contribution in [3.8, 4) is 22.9 Å². The number of nitrogens with zero attached hydrogens (tertiary/aromatic N) is 3. The first-order valence-corrected chi connectivity index (χ1v) is 13.0. The van der Waals surface area contributed by atoms with E-state index in [1.165, 1.54) is 41.1 Å². The van der Waals surface area contributed by atoms with Gasteiger partial charge in [0, 0.05) is 36.8 Å². The van der Waals surface area contributed by atoms with Crippen LogP contribution in [0.3, 0.4) is 0 Å². The van der Waals surface area contributed by atoms with Crippen molar-refractivity contribution < 1.29 is 26.4 Å². The second kappa shape index (κ2) is 9.09. The lowest BCUT2D eigenvalue weighted by Crippen LogP contribution is -2.49. The number of halogens is 3. The van der Waals surface area contributed by atoms with Crippen LogP contribution in [0.5, 0.6) is 0 Å². The molecule has 1 aromatic heterocycles. The number of aromatic nitrogens is 2. The van der Waals surface area contributed by atoms with E-state index in [0.717, 1.165) is 6.26 Å². The van der Waals surface area contributed by atoms with E-state index in [2.05, 4.69) is 5.10 Å². The molecule has 0 saturated heterocycles. The van der Waals surface area contributed by atoms with Crippen LogP contribution in [0.1, 0.15) is 37.3 Å². The minimum absolute atomic E-state index is 0.0898. The van der Waals surface area contributed by atoms with E-state index in [4.69, 9.17) is 5.73 Å². The van der Waals surface area contributed by atoms with Crippen molar-refractivity contribution >= 4 is 15.7 Å². The second-order valence-electron chi connectivity index (χ2n) is 9.12. The summed E-state index contributed by atoms with van der Waals surface area (Å²) < 4.78 is 67.8. The molecule has 3 aromatic rings. The maximum Gasteiger partial charge on any atom is 0.249 e. The van der Waals surface area contributed by atoms with E-state index in [1.54, 1.807) is 18.3 Å². The standard InChI is InChI=1S/C25H23F3N4O3S/c1-36(34,35)19-8-2-16(3-9-19)20-14-32(18-6-4-17(26)5-7-18)31-22(20)21-10-11-25(27,28)15-24(21,12-13-29)23(30)33/h2-9,14,21H,10-12,15H2,1H3,(H2,30,33). The van der Waals surface area contributed by atoms with Crippen molar-refractivity contribution in [3.05, 3.63) is 66.2 Å². The smallest absolute Gasteiger partial charge is 0.249 e. The molecule has 2 N–H and O–H groups in total. The van der Waals surface area contributed by atoms with Crippen molar-refractivity contribution in [2.75, 3.05) is 6.26 Å². The summed E-state index contributed by atoms with van der Waals surface area (Å²) in [5.41, 5.74) is 5.53. The highest BCUT2D eigenvalue weighted by atomic mass is 32.2. The molecule has 36 heavy (non-hydrogen) atoms. The average Bonchev–Trinajstić information content (AvgIpc) is 3.23. The quantitative estimate of drug-likeness (QED) is 0.522. The summed E-state index contributed by atoms with van der Waals surface area (Å²) in [5, 5.41) is 14.1. The number of benzene rings is 2. The van der Waals surface area contributed by atoms with Gasteiger partial charge in [0.2, 0.25) is 11.8 Å². The van der Waals surface area contributed by atoms with Gasteiger partial charge in [-0.2, -0.15) is 10.4 Å². The molecule has 0 bridgehead atoms. The van der Waals surface area contributed by atoms with Gasteiger partial charge in [0.05, 0.1) is 34.2 Å². The number of hydrogen-bond donors (Lipinski definition) is 1. The minimum Gasteiger partial charge on any atom is -0.369 e. The third-order valence-corrected chi connectivity index (χ3v) is 7.81. The third-order valence-electron chi connectivity index (χ3n) is 6.68. The molecule has 2 unspecified atom stereocenters. The fourth-order valence-electron chi connectivity index (χ4n) is 4.85. The molecule has 0 spiro atoms. The van der Waals surface area contributed by atoms with Crippen LogP contribution in [0.15, 0.2) is 59.6 Å². The number of nitrogens with two attached hydrogens (primary N) is 1. The normalized spacial score (nSPS) is 21.6. The lowest BCUT2D eigenvalue weighted by Gasteiger charge is -2.43. The summed E-state index contributed by atoms with van der Waals surface area (Å²) in [6.45, 7) is 0. The molecule has 188 valence electrons. The molecular weight excluding hydrogens is 493 g/mol. The molecule has 1 aliphatic rings. The van der Waals surface area contributed by atoms with Crippen LogP contribution < -0.4 is 5.73 Å². The van der Waals surface area contributed by atoms with E-state index in [0.29, 0.717) is 16.8 Å². The SMILES string of the molecule is CS(=O)(=O)c1ccc(-c2cn(-c3ccc(F)cc3)nc2C2CCC(F)(F)CC2(CC#N)C(N)=O)cc1. The summed E-state index contributed by atoms with van der Waals surface area (Å²) in [5.74, 6) is -5.55. The maximum atomic E-state index is 14.5. The average molecular weight is 517 g/mol. The second-order valence-corrected chi connectivity index (χ2v) is 11.1. The van der Waals surface area contributed by atoms with Crippen LogP contribution in [-0.4, -0.2) is 36.3 Å². The Bertz CT molecular complexity index is 1450. The van der Waals surface area contributed by atoms with Crippen molar-refractivity contribution in [3.63, 3.8) is 0 Å². The molecule has 1 saturated carbocycles. The fourth-order valence-corrected chi connectivity index (χ4v) is 5.48. The van der Waals surface area contributed by atoms with Gasteiger partial charge in [0.1, 0.15) is 5.82 Å². The number of sulfone groups is 1. The largest absolute Gasteiger partial charge is 0.369 e. The summed E-state index contributed by atoms with van der Waals surface area (Å²) in [6, 6.07) is 13.2. The van der Waals surface area contributed by atoms with E-state index in [-0.39, 0.29) is 17.0 Å². The molecule has 7 nitrogen and oxygen atoms in total. The highest BCUT2D eigenvalue weighted by molar-refractivity contribution is 7.90.